The molecule has 1 unspecified atom stereocenters. The van der Waals surface area contributed by atoms with Crippen molar-refractivity contribution in [3.63, 3.8) is 0 Å². The zero-order chi connectivity index (χ0) is 24.8. The van der Waals surface area contributed by atoms with Gasteiger partial charge in [0.25, 0.3) is 5.91 Å². The molecule has 0 radical (unpaired) electrons. The van der Waals surface area contributed by atoms with Crippen LogP contribution < -0.4 is 10.1 Å². The first-order chi connectivity index (χ1) is 16.9. The lowest BCUT2D eigenvalue weighted by molar-refractivity contribution is -0.152. The number of hydrazone groups is 1. The lowest BCUT2D eigenvalue weighted by Crippen LogP contribution is -2.32. The molecule has 1 aliphatic heterocycles. The monoisotopic (exact) mass is 473 g/mol. The fraction of sp³-hybridized carbons (Fsp3) is 0.259. The van der Waals surface area contributed by atoms with Crippen molar-refractivity contribution < 1.29 is 23.9 Å². The Morgan fingerprint density at radius 2 is 1.77 bits per heavy atom. The second kappa shape index (κ2) is 10.8. The zero-order valence-electron chi connectivity index (χ0n) is 19.7. The van der Waals surface area contributed by atoms with E-state index < -0.39 is 18.5 Å². The topological polar surface area (TPSA) is 97.3 Å². The minimum absolute atomic E-state index is 0.0135. The molecule has 0 saturated carbocycles. The predicted molar refractivity (Wildman–Crippen MR) is 132 cm³/mol. The molecule has 1 aliphatic rings. The molecular formula is C27H27N3O5. The molecule has 0 aliphatic carbocycles. The van der Waals surface area contributed by atoms with E-state index in [-0.39, 0.29) is 24.9 Å². The molecule has 1 heterocycles. The molecule has 8 heteroatoms. The maximum absolute atomic E-state index is 13.1. The SMILES string of the molecule is COc1ccc(C2CC(c3ccc4ccccc4c3)=NN2C(=O)COC(=O)CCNC(C)=O)cc1. The second-order valence-electron chi connectivity index (χ2n) is 8.23. The molecule has 0 aromatic heterocycles. The Hall–Kier alpha value is -4.20. The standard InChI is InChI=1S/C27H27N3O5/c1-18(31)28-14-13-27(33)35-17-26(32)30-25(20-9-11-23(34-2)12-10-20)16-24(29-30)22-8-7-19-5-3-4-6-21(19)15-22/h3-12,15,25H,13-14,16-17H2,1-2H3,(H,28,31). The van der Waals surface area contributed by atoms with Crippen molar-refractivity contribution in [2.24, 2.45) is 5.10 Å². The lowest BCUT2D eigenvalue weighted by atomic mass is 9.97. The van der Waals surface area contributed by atoms with Crippen molar-refractivity contribution in [3.8, 4) is 5.75 Å². The number of ether oxygens (including phenoxy) is 2. The van der Waals surface area contributed by atoms with E-state index in [0.717, 1.165) is 27.6 Å². The normalized spacial score (nSPS) is 15.0. The molecular weight excluding hydrogens is 446 g/mol. The fourth-order valence-electron chi connectivity index (χ4n) is 3.99. The Labute approximate surface area is 203 Å². The number of hydrogen-bond acceptors (Lipinski definition) is 6. The van der Waals surface area contributed by atoms with Crippen molar-refractivity contribution >= 4 is 34.3 Å². The summed E-state index contributed by atoms with van der Waals surface area (Å²) >= 11 is 0. The van der Waals surface area contributed by atoms with Crippen molar-refractivity contribution in [2.75, 3.05) is 20.3 Å². The van der Waals surface area contributed by atoms with E-state index >= 15 is 0 Å². The van der Waals surface area contributed by atoms with Gasteiger partial charge in [0.15, 0.2) is 6.61 Å². The van der Waals surface area contributed by atoms with Crippen molar-refractivity contribution in [1.29, 1.82) is 0 Å². The summed E-state index contributed by atoms with van der Waals surface area (Å²) < 4.78 is 10.4. The van der Waals surface area contributed by atoms with Gasteiger partial charge >= 0.3 is 5.97 Å². The quantitative estimate of drug-likeness (QED) is 0.504. The van der Waals surface area contributed by atoms with Crippen LogP contribution in [0.2, 0.25) is 0 Å². The Morgan fingerprint density at radius 1 is 1.03 bits per heavy atom. The van der Waals surface area contributed by atoms with Crippen LogP contribution >= 0.6 is 0 Å². The Balaban J connectivity index is 1.54. The van der Waals surface area contributed by atoms with Gasteiger partial charge in [0, 0.05) is 19.9 Å². The highest BCUT2D eigenvalue weighted by atomic mass is 16.5. The summed E-state index contributed by atoms with van der Waals surface area (Å²) in [5.74, 6) is -0.502. The number of nitrogens with zero attached hydrogens (tertiary/aromatic N) is 2. The van der Waals surface area contributed by atoms with Crippen LogP contribution in [0.3, 0.4) is 0 Å². The van der Waals surface area contributed by atoms with Gasteiger partial charge in [-0.1, -0.05) is 48.5 Å². The Morgan fingerprint density at radius 3 is 2.49 bits per heavy atom. The van der Waals surface area contributed by atoms with Crippen LogP contribution in [0.15, 0.2) is 71.8 Å². The lowest BCUT2D eigenvalue weighted by Gasteiger charge is -2.22. The van der Waals surface area contributed by atoms with Crippen molar-refractivity contribution in [2.45, 2.75) is 25.8 Å². The third-order valence-electron chi connectivity index (χ3n) is 5.81. The van der Waals surface area contributed by atoms with Crippen LogP contribution in [0.1, 0.15) is 36.9 Å². The first-order valence-corrected chi connectivity index (χ1v) is 11.4. The van der Waals surface area contributed by atoms with Gasteiger partial charge < -0.3 is 14.8 Å². The molecule has 0 spiro atoms. The number of hydrogen-bond donors (Lipinski definition) is 1. The molecule has 0 fully saturated rings. The maximum atomic E-state index is 13.1. The molecule has 0 bridgehead atoms. The first-order valence-electron chi connectivity index (χ1n) is 11.4. The van der Waals surface area contributed by atoms with Crippen LogP contribution in [0, 0.1) is 0 Å². The molecule has 3 aromatic carbocycles. The van der Waals surface area contributed by atoms with Gasteiger partial charge in [0.05, 0.1) is 25.3 Å². The number of rotatable bonds is 8. The number of fused-ring (bicyclic) bond motifs is 1. The van der Waals surface area contributed by atoms with Crippen LogP contribution in [-0.2, 0) is 19.1 Å². The van der Waals surface area contributed by atoms with E-state index in [0.29, 0.717) is 12.2 Å². The molecule has 1 N–H and O–H groups in total. The summed E-state index contributed by atoms with van der Waals surface area (Å²) in [5, 5.41) is 10.8. The number of carbonyl (C=O) groups excluding carboxylic acids is 3. The first kappa shape index (κ1) is 23.9. The molecule has 4 rings (SSSR count). The van der Waals surface area contributed by atoms with Crippen LogP contribution in [0.5, 0.6) is 5.75 Å². The van der Waals surface area contributed by atoms with Gasteiger partial charge in [0.1, 0.15) is 5.75 Å². The van der Waals surface area contributed by atoms with Gasteiger partial charge in [0.2, 0.25) is 5.91 Å². The van der Waals surface area contributed by atoms with E-state index in [1.807, 2.05) is 60.7 Å². The number of carbonyl (C=O) groups is 3. The second-order valence-corrected chi connectivity index (χ2v) is 8.23. The van der Waals surface area contributed by atoms with Gasteiger partial charge in [-0.05, 0) is 40.1 Å². The highest BCUT2D eigenvalue weighted by molar-refractivity contribution is 6.05. The predicted octanol–water partition coefficient (Wildman–Crippen LogP) is 3.60. The number of esters is 1. The van der Waals surface area contributed by atoms with E-state index in [9.17, 15) is 14.4 Å². The summed E-state index contributed by atoms with van der Waals surface area (Å²) in [7, 11) is 1.60. The Bertz CT molecular complexity index is 1270. The summed E-state index contributed by atoms with van der Waals surface area (Å²) in [5.41, 5.74) is 2.61. The zero-order valence-corrected chi connectivity index (χ0v) is 19.7. The van der Waals surface area contributed by atoms with E-state index in [1.54, 1.807) is 7.11 Å². The third-order valence-corrected chi connectivity index (χ3v) is 5.81. The maximum Gasteiger partial charge on any atom is 0.308 e. The average molecular weight is 474 g/mol. The highest BCUT2D eigenvalue weighted by Gasteiger charge is 2.33. The third kappa shape index (κ3) is 5.84. The van der Waals surface area contributed by atoms with E-state index in [4.69, 9.17) is 9.47 Å². The average Bonchev–Trinajstić information content (AvgIpc) is 3.32. The molecule has 8 nitrogen and oxygen atoms in total. The number of nitrogens with one attached hydrogen (secondary N) is 1. The van der Waals surface area contributed by atoms with Crippen molar-refractivity contribution in [3.05, 3.63) is 77.9 Å². The molecule has 180 valence electrons. The molecule has 35 heavy (non-hydrogen) atoms. The smallest absolute Gasteiger partial charge is 0.308 e. The van der Waals surface area contributed by atoms with Gasteiger partial charge in [-0.25, -0.2) is 5.01 Å². The summed E-state index contributed by atoms with van der Waals surface area (Å²) in [4.78, 5) is 36.0. The van der Waals surface area contributed by atoms with Gasteiger partial charge in [-0.2, -0.15) is 5.10 Å². The molecule has 0 saturated heterocycles. The van der Waals surface area contributed by atoms with E-state index in [1.165, 1.54) is 11.9 Å². The van der Waals surface area contributed by atoms with Crippen molar-refractivity contribution in [1.82, 2.24) is 10.3 Å². The number of benzene rings is 3. The summed E-state index contributed by atoms with van der Waals surface area (Å²) in [6.07, 6.45) is 0.507. The van der Waals surface area contributed by atoms with Crippen LogP contribution in [0.25, 0.3) is 10.8 Å². The number of amides is 2. The van der Waals surface area contributed by atoms with Crippen LogP contribution in [-0.4, -0.2) is 48.8 Å². The Kier molecular flexibility index (Phi) is 7.40. The fourth-order valence-corrected chi connectivity index (χ4v) is 3.99. The van der Waals surface area contributed by atoms with Crippen LogP contribution in [0.4, 0.5) is 0 Å². The van der Waals surface area contributed by atoms with Gasteiger partial charge in [-0.15, -0.1) is 0 Å². The highest BCUT2D eigenvalue weighted by Crippen LogP contribution is 2.34. The minimum atomic E-state index is -0.564. The molecule has 1 atom stereocenters. The van der Waals surface area contributed by atoms with E-state index in [2.05, 4.69) is 16.5 Å². The number of methoxy groups -OCH3 is 1. The minimum Gasteiger partial charge on any atom is -0.497 e. The molecule has 3 aromatic rings. The molecule has 2 amide bonds. The van der Waals surface area contributed by atoms with Gasteiger partial charge in [-0.3, -0.25) is 14.4 Å². The summed E-state index contributed by atoms with van der Waals surface area (Å²) in [6, 6.07) is 21.3. The largest absolute Gasteiger partial charge is 0.497 e. The summed E-state index contributed by atoms with van der Waals surface area (Å²) in [6.45, 7) is 1.09.